The van der Waals surface area contributed by atoms with Crippen molar-refractivity contribution in [3.8, 4) is 0 Å². The molecular weight excluding hydrogens is 420 g/mol. The van der Waals surface area contributed by atoms with Crippen LogP contribution in [0.1, 0.15) is 64.7 Å². The maximum absolute atomic E-state index is 12.2. The fourth-order valence-corrected chi connectivity index (χ4v) is 10.4. The van der Waals surface area contributed by atoms with E-state index in [1.807, 2.05) is 0 Å². The van der Waals surface area contributed by atoms with Gasteiger partial charge in [-0.1, -0.05) is 59.7 Å². The molecule has 1 aromatic carbocycles. The van der Waals surface area contributed by atoms with E-state index in [-0.39, 0.29) is 6.61 Å². The lowest BCUT2D eigenvalue weighted by atomic mass is 10.2. The first-order chi connectivity index (χ1) is 13.9. The molecule has 30 heavy (non-hydrogen) atoms. The second kappa shape index (κ2) is 12.0. The topological polar surface area (TPSA) is 78.9 Å². The summed E-state index contributed by atoms with van der Waals surface area (Å²) < 4.78 is 40.2. The van der Waals surface area contributed by atoms with Gasteiger partial charge in [0, 0.05) is 6.61 Å². The number of esters is 1. The van der Waals surface area contributed by atoms with Gasteiger partial charge in [-0.25, -0.2) is 4.79 Å². The minimum absolute atomic E-state index is 0.123. The average molecular weight is 459 g/mol. The number of carbonyl (C=O) groups is 1. The standard InChI is InChI=1S/C22H38O6SSi/c1-17(2)30(18(3)4,19(5)6)27-15-11-14-21(28-29(7,24)25)16-26-22(23)20-12-9-8-10-13-20/h8-10,12-13,17-19,21H,11,14-16H2,1-7H3/t21-/m0/s1. The molecule has 0 amide bonds. The van der Waals surface area contributed by atoms with E-state index in [0.717, 1.165) is 6.26 Å². The van der Waals surface area contributed by atoms with Crippen LogP contribution < -0.4 is 0 Å². The van der Waals surface area contributed by atoms with Gasteiger partial charge in [0.2, 0.25) is 0 Å². The molecule has 1 aromatic rings. The van der Waals surface area contributed by atoms with Gasteiger partial charge in [-0.05, 0) is 41.6 Å². The van der Waals surface area contributed by atoms with Gasteiger partial charge in [-0.2, -0.15) is 8.42 Å². The summed E-state index contributed by atoms with van der Waals surface area (Å²) in [4.78, 5) is 12.2. The highest BCUT2D eigenvalue weighted by molar-refractivity contribution is 7.86. The summed E-state index contributed by atoms with van der Waals surface area (Å²) >= 11 is 0. The largest absolute Gasteiger partial charge is 0.459 e. The molecule has 0 bridgehead atoms. The van der Waals surface area contributed by atoms with Gasteiger partial charge in [0.25, 0.3) is 10.1 Å². The molecule has 172 valence electrons. The zero-order valence-corrected chi connectivity index (χ0v) is 21.2. The maximum Gasteiger partial charge on any atom is 0.338 e. The lowest BCUT2D eigenvalue weighted by molar-refractivity contribution is 0.0298. The summed E-state index contributed by atoms with van der Waals surface area (Å²) in [5, 5.41) is 0. The van der Waals surface area contributed by atoms with Crippen LogP contribution in [0.3, 0.4) is 0 Å². The van der Waals surface area contributed by atoms with Crippen molar-refractivity contribution >= 4 is 24.4 Å². The quantitative estimate of drug-likeness (QED) is 0.176. The summed E-state index contributed by atoms with van der Waals surface area (Å²) in [7, 11) is -5.64. The Morgan fingerprint density at radius 1 is 0.967 bits per heavy atom. The van der Waals surface area contributed by atoms with Crippen LogP contribution in [0.5, 0.6) is 0 Å². The van der Waals surface area contributed by atoms with Crippen molar-refractivity contribution in [2.75, 3.05) is 19.5 Å². The monoisotopic (exact) mass is 458 g/mol. The third-order valence-corrected chi connectivity index (χ3v) is 12.2. The number of hydrogen-bond acceptors (Lipinski definition) is 6. The highest BCUT2D eigenvalue weighted by atomic mass is 32.2. The van der Waals surface area contributed by atoms with Gasteiger partial charge in [0.15, 0.2) is 8.32 Å². The first kappa shape index (κ1) is 26.8. The molecule has 1 atom stereocenters. The molecule has 0 N–H and O–H groups in total. The van der Waals surface area contributed by atoms with Crippen LogP contribution in [-0.2, 0) is 23.5 Å². The van der Waals surface area contributed by atoms with Gasteiger partial charge < -0.3 is 9.16 Å². The number of benzene rings is 1. The predicted octanol–water partition coefficient (Wildman–Crippen LogP) is 5.16. The second-order valence-electron chi connectivity index (χ2n) is 8.70. The molecular formula is C22H38O6SSi. The van der Waals surface area contributed by atoms with Crippen molar-refractivity contribution < 1.29 is 26.6 Å². The number of rotatable bonds is 13. The van der Waals surface area contributed by atoms with Gasteiger partial charge >= 0.3 is 5.97 Å². The van der Waals surface area contributed by atoms with Crippen LogP contribution in [0.2, 0.25) is 16.6 Å². The SMILES string of the molecule is CC(C)[Si](OCCC[C@@H](COC(=O)c1ccccc1)OS(C)(=O)=O)(C(C)C)C(C)C. The van der Waals surface area contributed by atoms with Gasteiger partial charge in [0.05, 0.1) is 11.8 Å². The predicted molar refractivity (Wildman–Crippen MR) is 123 cm³/mol. The minimum atomic E-state index is -3.67. The Labute approximate surface area is 183 Å². The molecule has 0 fully saturated rings. The molecule has 0 saturated heterocycles. The summed E-state index contributed by atoms with van der Waals surface area (Å²) in [6.45, 7) is 13.8. The van der Waals surface area contributed by atoms with Crippen molar-refractivity contribution in [2.24, 2.45) is 0 Å². The number of carbonyl (C=O) groups excluding carboxylic acids is 1. The highest BCUT2D eigenvalue weighted by Crippen LogP contribution is 2.42. The average Bonchev–Trinajstić information content (AvgIpc) is 2.64. The van der Waals surface area contributed by atoms with E-state index in [2.05, 4.69) is 41.5 Å². The van der Waals surface area contributed by atoms with Crippen LogP contribution in [0.4, 0.5) is 0 Å². The normalized spacial score (nSPS) is 13.8. The van der Waals surface area contributed by atoms with E-state index in [1.54, 1.807) is 30.3 Å². The van der Waals surface area contributed by atoms with E-state index in [4.69, 9.17) is 13.3 Å². The van der Waals surface area contributed by atoms with Crippen molar-refractivity contribution in [3.05, 3.63) is 35.9 Å². The third kappa shape index (κ3) is 8.13. The molecule has 0 aliphatic heterocycles. The first-order valence-corrected chi connectivity index (χ1v) is 14.6. The lowest BCUT2D eigenvalue weighted by Gasteiger charge is -2.42. The van der Waals surface area contributed by atoms with E-state index < -0.39 is 30.5 Å². The first-order valence-electron chi connectivity index (χ1n) is 10.6. The third-order valence-electron chi connectivity index (χ3n) is 5.45. The molecule has 1 rings (SSSR count). The highest BCUT2D eigenvalue weighted by Gasteiger charge is 2.44. The van der Waals surface area contributed by atoms with E-state index in [9.17, 15) is 13.2 Å². The number of ether oxygens (including phenoxy) is 1. The zero-order valence-electron chi connectivity index (χ0n) is 19.4. The molecule has 0 spiro atoms. The molecule has 0 radical (unpaired) electrons. The molecule has 0 unspecified atom stereocenters. The molecule has 8 heteroatoms. The van der Waals surface area contributed by atoms with Crippen LogP contribution in [0.25, 0.3) is 0 Å². The Balaban J connectivity index is 2.69. The Morgan fingerprint density at radius 2 is 1.50 bits per heavy atom. The van der Waals surface area contributed by atoms with E-state index in [0.29, 0.717) is 41.6 Å². The van der Waals surface area contributed by atoms with Crippen molar-refractivity contribution in [3.63, 3.8) is 0 Å². The van der Waals surface area contributed by atoms with E-state index in [1.165, 1.54) is 0 Å². The summed E-state index contributed by atoms with van der Waals surface area (Å²) in [5.74, 6) is -0.500. The Kier molecular flexibility index (Phi) is 10.7. The summed E-state index contributed by atoms with van der Waals surface area (Å²) in [5.41, 5.74) is 1.85. The van der Waals surface area contributed by atoms with Gasteiger partial charge in [-0.15, -0.1) is 0 Å². The number of hydrogen-bond donors (Lipinski definition) is 0. The lowest BCUT2D eigenvalue weighted by Crippen LogP contribution is -2.48. The van der Waals surface area contributed by atoms with Gasteiger partial charge in [0.1, 0.15) is 12.7 Å². The van der Waals surface area contributed by atoms with Crippen LogP contribution in [0, 0.1) is 0 Å². The van der Waals surface area contributed by atoms with Crippen LogP contribution in [-0.4, -0.2) is 48.3 Å². The van der Waals surface area contributed by atoms with Crippen molar-refractivity contribution in [2.45, 2.75) is 77.1 Å². The molecule has 0 heterocycles. The summed E-state index contributed by atoms with van der Waals surface area (Å²) in [6, 6.07) is 8.59. The smallest absolute Gasteiger partial charge is 0.338 e. The zero-order chi connectivity index (χ0) is 22.9. The maximum atomic E-state index is 12.2. The fourth-order valence-electron chi connectivity index (χ4n) is 4.29. The second-order valence-corrected chi connectivity index (χ2v) is 15.8. The Morgan fingerprint density at radius 3 is 1.97 bits per heavy atom. The van der Waals surface area contributed by atoms with Gasteiger partial charge in [-0.3, -0.25) is 4.18 Å². The minimum Gasteiger partial charge on any atom is -0.459 e. The molecule has 0 saturated carbocycles. The molecule has 6 nitrogen and oxygen atoms in total. The molecule has 0 aliphatic rings. The summed E-state index contributed by atoms with van der Waals surface area (Å²) in [6.07, 6.45) is 1.33. The van der Waals surface area contributed by atoms with Crippen LogP contribution >= 0.6 is 0 Å². The van der Waals surface area contributed by atoms with Crippen molar-refractivity contribution in [1.82, 2.24) is 0 Å². The van der Waals surface area contributed by atoms with E-state index >= 15 is 0 Å². The Hall–Kier alpha value is -1.22. The molecule has 0 aromatic heterocycles. The van der Waals surface area contributed by atoms with Crippen molar-refractivity contribution in [1.29, 1.82) is 0 Å². The Bertz CT molecular complexity index is 724. The van der Waals surface area contributed by atoms with Crippen LogP contribution in [0.15, 0.2) is 30.3 Å². The fraction of sp³-hybridized carbons (Fsp3) is 0.682. The molecule has 0 aliphatic carbocycles.